The predicted molar refractivity (Wildman–Crippen MR) is 342 cm³/mol. The highest BCUT2D eigenvalue weighted by atomic mass is 16.5. The molecule has 0 heterocycles. The normalized spacial score (nSPS) is 34.5. The number of hydrogen-bond acceptors (Lipinski definition) is 5. The molecule has 0 amide bonds. The fourth-order valence-electron chi connectivity index (χ4n) is 20.9. The number of carbonyl (C=O) groups excluding carboxylic acids is 2. The van der Waals surface area contributed by atoms with Crippen LogP contribution in [0, 0.1) is 69.0 Å². The predicted octanol–water partition coefficient (Wildman–Crippen LogP) is 18.4. The van der Waals surface area contributed by atoms with Crippen LogP contribution in [0.3, 0.4) is 0 Å². The Morgan fingerprint density at radius 3 is 1.43 bits per heavy atom. The van der Waals surface area contributed by atoms with Gasteiger partial charge >= 0.3 is 0 Å². The second-order valence-electron chi connectivity index (χ2n) is 28.9. The largest absolute Gasteiger partial charge is 0.393 e. The van der Waals surface area contributed by atoms with E-state index in [-0.39, 0.29) is 34.4 Å². The third-order valence-electron chi connectivity index (χ3n) is 25.1. The summed E-state index contributed by atoms with van der Waals surface area (Å²) in [6, 6.07) is 39.7. The summed E-state index contributed by atoms with van der Waals surface area (Å²) in [5.41, 5.74) is 6.57. The molecule has 8 aliphatic rings. The lowest BCUT2D eigenvalue weighted by Crippen LogP contribution is -2.50. The zero-order valence-electron chi connectivity index (χ0n) is 50.3. The van der Waals surface area contributed by atoms with Crippen LogP contribution in [0.25, 0.3) is 64.6 Å². The number of carbonyl (C=O) groups is 2. The van der Waals surface area contributed by atoms with E-state index in [9.17, 15) is 19.8 Å². The van der Waals surface area contributed by atoms with Crippen molar-refractivity contribution in [1.29, 1.82) is 0 Å². The molecule has 5 heteroatoms. The minimum Gasteiger partial charge on any atom is -0.393 e. The van der Waals surface area contributed by atoms with Crippen molar-refractivity contribution in [2.45, 2.75) is 163 Å². The van der Waals surface area contributed by atoms with Gasteiger partial charge in [0.25, 0.3) is 0 Å². The van der Waals surface area contributed by atoms with Gasteiger partial charge in [0.2, 0.25) is 0 Å². The van der Waals surface area contributed by atoms with Gasteiger partial charge in [0.15, 0.2) is 5.78 Å². The maximum Gasteiger partial charge on any atom is 0.159 e. The summed E-state index contributed by atoms with van der Waals surface area (Å²) in [4.78, 5) is 25.9. The molecule has 6 saturated carbocycles. The number of aliphatic hydroxyl groups excluding tert-OH is 2. The Bertz CT molecular complexity index is 3870. The number of benzene rings is 8. The Hall–Kier alpha value is -5.72. The second-order valence-corrected chi connectivity index (χ2v) is 28.9. The van der Waals surface area contributed by atoms with Gasteiger partial charge in [-0.3, -0.25) is 9.59 Å². The Balaban J connectivity index is 0.000000123. The van der Waals surface area contributed by atoms with E-state index in [1.807, 2.05) is 13.0 Å². The van der Waals surface area contributed by atoms with E-state index in [1.54, 1.807) is 12.7 Å². The maximum absolute atomic E-state index is 13.8. The van der Waals surface area contributed by atoms with E-state index in [0.29, 0.717) is 47.3 Å². The molecule has 6 fully saturated rings. The Morgan fingerprint density at radius 1 is 0.506 bits per heavy atom. The van der Waals surface area contributed by atoms with Gasteiger partial charge in [-0.15, -0.1) is 0 Å². The number of hydrogen-bond donors (Lipinski definition) is 2. The first-order chi connectivity index (χ1) is 40.1. The third-order valence-corrected chi connectivity index (χ3v) is 25.1. The van der Waals surface area contributed by atoms with E-state index in [0.717, 1.165) is 82.0 Å². The van der Waals surface area contributed by atoms with Gasteiger partial charge in [-0.25, -0.2) is 0 Å². The molecule has 8 aromatic carbocycles. The van der Waals surface area contributed by atoms with Crippen LogP contribution in [-0.2, 0) is 27.4 Å². The molecule has 16 rings (SSSR count). The highest BCUT2D eigenvalue weighted by molar-refractivity contribution is 6.24. The van der Waals surface area contributed by atoms with Crippen molar-refractivity contribution in [3.05, 3.63) is 156 Å². The lowest BCUT2D eigenvalue weighted by Gasteiger charge is -2.57. The first kappa shape index (κ1) is 55.2. The summed E-state index contributed by atoms with van der Waals surface area (Å²) in [6.45, 7) is 12.3. The quantitative estimate of drug-likeness (QED) is 0.0944. The molecule has 0 bridgehead atoms. The average molecular weight is 1110 g/mol. The van der Waals surface area contributed by atoms with Crippen LogP contribution in [0.5, 0.6) is 0 Å². The van der Waals surface area contributed by atoms with Gasteiger partial charge < -0.3 is 14.9 Å². The van der Waals surface area contributed by atoms with Gasteiger partial charge in [-0.2, -0.15) is 0 Å². The summed E-state index contributed by atoms with van der Waals surface area (Å²) in [5, 5.41) is 36.3. The lowest BCUT2D eigenvalue weighted by molar-refractivity contribution is -0.127. The number of rotatable bonds is 7. The van der Waals surface area contributed by atoms with E-state index in [4.69, 9.17) is 4.74 Å². The standard InChI is InChI=1S/C39H42O2.C21H32O2.C18H14O/c1-38-21-19-29(40)23-28(38)14-16-31-32-17-18-34(39(32,2)22-20-33(31)38)35(41)8-4-5-24-9-10-27-12-11-25-6-3-7-26-13-15-30(24)37(27)36(25)26;1-13(22)17-6-7-18-16-5-4-14-12-15(23)8-10-20(14,2)19(16)9-11-21(17,18)3;1-19-11-15-8-7-14-6-5-12-3-2-4-13-9-10-16(15)18(14)17(12)13/h3-4,6-15,29,31-34,40H,5,16-23H2,1-2H3;4,15-19,23H,5-12H2,1-3H3;2-10H,11H2,1H3/b8-4+;;/t29-,31-,32-,33-,34+,38-,39-;15-,16-,17+,18-,19-,20-,21+;/m00./s1. The molecule has 8 aromatic rings. The number of ketones is 2. The number of aliphatic hydroxyl groups is 2. The fourth-order valence-corrected chi connectivity index (χ4v) is 20.9. The SMILES string of the molecule is CC(=O)[C@H]1CC[C@H]2[C@@H]3CC=C4C[C@@H](O)CC[C@]4(C)[C@H]3CC[C@]12C.COCc1ccc2ccc3cccc4ccc1c2c34.C[C@]12CC[C@H]3[C@@H](CC=C4C[C@@H](O)CC[C@@]43C)[C@@H]1CC[C@@H]2C(=O)/C=C/Cc1ccc2ccc3cccc4ccc1c2c34. The summed E-state index contributed by atoms with van der Waals surface area (Å²) in [5.74, 6) is 5.55. The zero-order valence-corrected chi connectivity index (χ0v) is 50.3. The first-order valence-electron chi connectivity index (χ1n) is 32.4. The molecule has 0 saturated heterocycles. The third kappa shape index (κ3) is 8.91. The molecule has 430 valence electrons. The molecule has 0 unspecified atom stereocenters. The molecule has 83 heavy (non-hydrogen) atoms. The van der Waals surface area contributed by atoms with Gasteiger partial charge in [-0.05, 0) is 255 Å². The summed E-state index contributed by atoms with van der Waals surface area (Å²) in [7, 11) is 1.75. The van der Waals surface area contributed by atoms with Crippen LogP contribution < -0.4 is 0 Å². The Kier molecular flexibility index (Phi) is 14.0. The number of fused-ring (bicyclic) bond motifs is 10. The number of methoxy groups -OCH3 is 1. The van der Waals surface area contributed by atoms with Gasteiger partial charge in [-0.1, -0.05) is 166 Å². The molecule has 0 radical (unpaired) electrons. The molecule has 14 atom stereocenters. The van der Waals surface area contributed by atoms with Gasteiger partial charge in [0.1, 0.15) is 5.78 Å². The van der Waals surface area contributed by atoms with Crippen molar-refractivity contribution in [3.63, 3.8) is 0 Å². The minimum absolute atomic E-state index is 0.117. The minimum atomic E-state index is -0.152. The Labute approximate surface area is 492 Å². The molecule has 0 aromatic heterocycles. The summed E-state index contributed by atoms with van der Waals surface area (Å²) < 4.78 is 5.32. The molecule has 5 nitrogen and oxygen atoms in total. The molecule has 8 aliphatic carbocycles. The second kappa shape index (κ2) is 21.1. The van der Waals surface area contributed by atoms with Crippen LogP contribution in [0.2, 0.25) is 0 Å². The van der Waals surface area contributed by atoms with Gasteiger partial charge in [0, 0.05) is 18.9 Å². The topological polar surface area (TPSA) is 83.8 Å². The number of allylic oxidation sites excluding steroid dienone is 4. The molecule has 0 aliphatic heterocycles. The van der Waals surface area contributed by atoms with Crippen molar-refractivity contribution >= 4 is 76.2 Å². The van der Waals surface area contributed by atoms with Crippen LogP contribution in [0.4, 0.5) is 0 Å². The highest BCUT2D eigenvalue weighted by Gasteiger charge is 2.61. The van der Waals surface area contributed by atoms with Crippen molar-refractivity contribution in [2.75, 3.05) is 7.11 Å². The Morgan fingerprint density at radius 2 is 0.940 bits per heavy atom. The monoisotopic (exact) mass is 1100 g/mol. The number of ether oxygens (including phenoxy) is 1. The zero-order chi connectivity index (χ0) is 57.2. The molecule has 0 spiro atoms. The van der Waals surface area contributed by atoms with Crippen LogP contribution in [-0.4, -0.2) is 41.1 Å². The van der Waals surface area contributed by atoms with Crippen molar-refractivity contribution in [3.8, 4) is 0 Å². The number of Topliss-reactive ketones (excluding diaryl/α,β-unsaturated/α-hetero) is 1. The van der Waals surface area contributed by atoms with E-state index >= 15 is 0 Å². The molecular formula is C78H88O5. The molecular weight excluding hydrogens is 1020 g/mol. The molecule has 2 N–H and O–H groups in total. The summed E-state index contributed by atoms with van der Waals surface area (Å²) >= 11 is 0. The smallest absolute Gasteiger partial charge is 0.159 e. The van der Waals surface area contributed by atoms with Crippen LogP contribution in [0.1, 0.15) is 148 Å². The van der Waals surface area contributed by atoms with Gasteiger partial charge in [0.05, 0.1) is 18.8 Å². The maximum atomic E-state index is 13.8. The summed E-state index contributed by atoms with van der Waals surface area (Å²) in [6.07, 6.45) is 27.4. The first-order valence-corrected chi connectivity index (χ1v) is 32.4. The lowest BCUT2D eigenvalue weighted by atomic mass is 9.47. The highest BCUT2D eigenvalue weighted by Crippen LogP contribution is 2.68. The van der Waals surface area contributed by atoms with Crippen molar-refractivity contribution in [2.24, 2.45) is 69.0 Å². The van der Waals surface area contributed by atoms with E-state index < -0.39 is 0 Å². The fraction of sp³-hybridized carbons (Fsp3) is 0.487. The van der Waals surface area contributed by atoms with E-state index in [1.165, 1.54) is 126 Å². The van der Waals surface area contributed by atoms with Crippen LogP contribution >= 0.6 is 0 Å². The van der Waals surface area contributed by atoms with Crippen molar-refractivity contribution in [1.82, 2.24) is 0 Å². The van der Waals surface area contributed by atoms with Crippen LogP contribution in [0.15, 0.2) is 145 Å². The van der Waals surface area contributed by atoms with E-state index in [2.05, 4.69) is 155 Å². The van der Waals surface area contributed by atoms with Crippen molar-refractivity contribution < 1.29 is 24.5 Å². The average Bonchev–Trinajstić information content (AvgIpc) is 2.24.